The largest absolute Gasteiger partial charge is 0.411 e. The molecule has 1 aromatic carbocycles. The second-order valence-corrected chi connectivity index (χ2v) is 6.74. The molecule has 8 heteroatoms. The highest BCUT2D eigenvalue weighted by atomic mass is 32.2. The van der Waals surface area contributed by atoms with Gasteiger partial charge in [0.25, 0.3) is 5.22 Å². The standard InChI is InChI=1S/C16H13N3O3S2/c1-10-2-4-11(5-3-10)14-18-19-16(22-14)24-9-13(21)17-15-12(8-20)6-7-23-15/h2-8H,9H2,1H3,(H,17,21). The Kier molecular flexibility index (Phi) is 5.07. The van der Waals surface area contributed by atoms with E-state index in [4.69, 9.17) is 4.42 Å². The van der Waals surface area contributed by atoms with Crippen LogP contribution in [-0.2, 0) is 4.79 Å². The van der Waals surface area contributed by atoms with Crippen LogP contribution in [0.5, 0.6) is 0 Å². The summed E-state index contributed by atoms with van der Waals surface area (Å²) in [6.07, 6.45) is 0.713. The van der Waals surface area contributed by atoms with Gasteiger partial charge in [-0.15, -0.1) is 21.5 Å². The van der Waals surface area contributed by atoms with E-state index >= 15 is 0 Å². The second kappa shape index (κ2) is 7.41. The maximum Gasteiger partial charge on any atom is 0.277 e. The SMILES string of the molecule is Cc1ccc(-c2nnc(SCC(=O)Nc3sccc3C=O)o2)cc1. The van der Waals surface area contributed by atoms with Crippen molar-refractivity contribution in [1.82, 2.24) is 10.2 Å². The van der Waals surface area contributed by atoms with Gasteiger partial charge in [0.05, 0.1) is 5.75 Å². The number of carbonyl (C=O) groups is 2. The Bertz CT molecular complexity index is 856. The Morgan fingerprint density at radius 3 is 2.83 bits per heavy atom. The topological polar surface area (TPSA) is 85.1 Å². The fraction of sp³-hybridized carbons (Fsp3) is 0.125. The number of nitrogens with one attached hydrogen (secondary N) is 1. The molecular formula is C16H13N3O3S2. The normalized spacial score (nSPS) is 10.5. The van der Waals surface area contributed by atoms with Crippen LogP contribution in [0, 0.1) is 6.92 Å². The number of thiophene rings is 1. The average molecular weight is 359 g/mol. The molecule has 3 rings (SSSR count). The number of benzene rings is 1. The number of amides is 1. The molecule has 0 aliphatic heterocycles. The summed E-state index contributed by atoms with van der Waals surface area (Å²) in [5.74, 6) is 0.297. The maximum atomic E-state index is 11.9. The summed E-state index contributed by atoms with van der Waals surface area (Å²) in [5.41, 5.74) is 2.45. The van der Waals surface area contributed by atoms with Gasteiger partial charge in [-0.1, -0.05) is 29.5 Å². The third kappa shape index (κ3) is 3.90. The number of aromatic nitrogens is 2. The predicted molar refractivity (Wildman–Crippen MR) is 93.5 cm³/mol. The monoisotopic (exact) mass is 359 g/mol. The van der Waals surface area contributed by atoms with Crippen molar-refractivity contribution in [2.45, 2.75) is 12.1 Å². The lowest BCUT2D eigenvalue weighted by Gasteiger charge is -2.01. The Hall–Kier alpha value is -2.45. The van der Waals surface area contributed by atoms with Crippen molar-refractivity contribution in [3.8, 4) is 11.5 Å². The highest BCUT2D eigenvalue weighted by Crippen LogP contribution is 2.25. The van der Waals surface area contributed by atoms with Gasteiger partial charge in [-0.05, 0) is 30.5 Å². The van der Waals surface area contributed by atoms with Crippen molar-refractivity contribution < 1.29 is 14.0 Å². The van der Waals surface area contributed by atoms with E-state index < -0.39 is 0 Å². The number of thioether (sulfide) groups is 1. The molecule has 0 fully saturated rings. The molecule has 0 spiro atoms. The molecule has 0 saturated heterocycles. The number of hydrogen-bond acceptors (Lipinski definition) is 7. The molecule has 0 aliphatic carbocycles. The van der Waals surface area contributed by atoms with Crippen LogP contribution >= 0.6 is 23.1 Å². The van der Waals surface area contributed by atoms with Crippen molar-refractivity contribution in [1.29, 1.82) is 0 Å². The third-order valence-corrected chi connectivity index (χ3v) is 4.77. The Labute approximate surface area is 146 Å². The number of anilines is 1. The van der Waals surface area contributed by atoms with Gasteiger partial charge in [0.1, 0.15) is 5.00 Å². The van der Waals surface area contributed by atoms with Crippen molar-refractivity contribution in [3.63, 3.8) is 0 Å². The molecule has 0 aliphatic rings. The summed E-state index contributed by atoms with van der Waals surface area (Å²) >= 11 is 2.45. The van der Waals surface area contributed by atoms with E-state index in [1.807, 2.05) is 31.2 Å². The molecule has 0 atom stereocenters. The van der Waals surface area contributed by atoms with Crippen LogP contribution in [0.1, 0.15) is 15.9 Å². The zero-order valence-corrected chi connectivity index (χ0v) is 14.3. The van der Waals surface area contributed by atoms with E-state index in [0.717, 1.165) is 22.9 Å². The number of aldehydes is 1. The van der Waals surface area contributed by atoms with Gasteiger partial charge < -0.3 is 9.73 Å². The summed E-state index contributed by atoms with van der Waals surface area (Å²) in [4.78, 5) is 22.8. The maximum absolute atomic E-state index is 11.9. The first-order valence-electron chi connectivity index (χ1n) is 7.01. The van der Waals surface area contributed by atoms with E-state index in [1.54, 1.807) is 11.4 Å². The van der Waals surface area contributed by atoms with Crippen LogP contribution < -0.4 is 5.32 Å². The molecular weight excluding hydrogens is 346 g/mol. The first kappa shape index (κ1) is 16.4. The molecule has 122 valence electrons. The molecule has 6 nitrogen and oxygen atoms in total. The molecule has 1 N–H and O–H groups in total. The van der Waals surface area contributed by atoms with Gasteiger partial charge >= 0.3 is 0 Å². The minimum Gasteiger partial charge on any atom is -0.411 e. The highest BCUT2D eigenvalue weighted by Gasteiger charge is 2.12. The van der Waals surface area contributed by atoms with E-state index in [0.29, 0.717) is 28.0 Å². The van der Waals surface area contributed by atoms with Gasteiger partial charge in [-0.3, -0.25) is 9.59 Å². The van der Waals surface area contributed by atoms with E-state index in [9.17, 15) is 9.59 Å². The summed E-state index contributed by atoms with van der Waals surface area (Å²) in [7, 11) is 0. The lowest BCUT2D eigenvalue weighted by atomic mass is 10.1. The predicted octanol–water partition coefficient (Wildman–Crippen LogP) is 3.65. The second-order valence-electron chi connectivity index (χ2n) is 4.90. The number of aryl methyl sites for hydroxylation is 1. The molecule has 2 heterocycles. The summed E-state index contributed by atoms with van der Waals surface area (Å²) < 4.78 is 5.55. The van der Waals surface area contributed by atoms with Gasteiger partial charge in [0.2, 0.25) is 11.8 Å². The number of carbonyl (C=O) groups excluding carboxylic acids is 2. The van der Waals surface area contributed by atoms with Gasteiger partial charge in [-0.2, -0.15) is 0 Å². The average Bonchev–Trinajstić information content (AvgIpc) is 3.22. The summed E-state index contributed by atoms with van der Waals surface area (Å²) in [6, 6.07) is 9.40. The Morgan fingerprint density at radius 1 is 1.29 bits per heavy atom. The zero-order valence-electron chi connectivity index (χ0n) is 12.7. The lowest BCUT2D eigenvalue weighted by molar-refractivity contribution is -0.113. The van der Waals surface area contributed by atoms with Crippen LogP contribution in [0.3, 0.4) is 0 Å². The van der Waals surface area contributed by atoms with Gasteiger partial charge in [0.15, 0.2) is 6.29 Å². The molecule has 0 unspecified atom stereocenters. The van der Waals surface area contributed by atoms with Crippen LogP contribution in [-0.4, -0.2) is 28.1 Å². The van der Waals surface area contributed by atoms with Crippen molar-refractivity contribution in [2.24, 2.45) is 0 Å². The lowest BCUT2D eigenvalue weighted by Crippen LogP contribution is -2.14. The number of nitrogens with zero attached hydrogens (tertiary/aromatic N) is 2. The molecule has 0 saturated carbocycles. The Balaban J connectivity index is 1.58. The molecule has 1 amide bonds. The molecule has 0 radical (unpaired) electrons. The third-order valence-electron chi connectivity index (χ3n) is 3.11. The van der Waals surface area contributed by atoms with Crippen molar-refractivity contribution >= 4 is 40.3 Å². The highest BCUT2D eigenvalue weighted by molar-refractivity contribution is 7.99. The molecule has 3 aromatic rings. The molecule has 0 bridgehead atoms. The summed E-state index contributed by atoms with van der Waals surface area (Å²) in [6.45, 7) is 2.00. The fourth-order valence-electron chi connectivity index (χ4n) is 1.88. The van der Waals surface area contributed by atoms with E-state index in [1.165, 1.54) is 11.3 Å². The number of hydrogen-bond donors (Lipinski definition) is 1. The van der Waals surface area contributed by atoms with E-state index in [2.05, 4.69) is 15.5 Å². The smallest absolute Gasteiger partial charge is 0.277 e. The quantitative estimate of drug-likeness (QED) is 0.534. The first-order valence-corrected chi connectivity index (χ1v) is 8.88. The van der Waals surface area contributed by atoms with Crippen LogP contribution in [0.4, 0.5) is 5.00 Å². The van der Waals surface area contributed by atoms with Crippen molar-refractivity contribution in [3.05, 3.63) is 46.8 Å². The van der Waals surface area contributed by atoms with Crippen molar-refractivity contribution in [2.75, 3.05) is 11.1 Å². The minimum atomic E-state index is -0.236. The molecule has 24 heavy (non-hydrogen) atoms. The first-order chi connectivity index (χ1) is 11.7. The van der Waals surface area contributed by atoms with Gasteiger partial charge in [-0.25, -0.2) is 0 Å². The number of rotatable bonds is 6. The van der Waals surface area contributed by atoms with E-state index in [-0.39, 0.29) is 11.7 Å². The van der Waals surface area contributed by atoms with Gasteiger partial charge in [0, 0.05) is 11.1 Å². The van der Waals surface area contributed by atoms with Crippen LogP contribution in [0.25, 0.3) is 11.5 Å². The minimum absolute atomic E-state index is 0.117. The fourth-order valence-corrected chi connectivity index (χ4v) is 3.22. The zero-order chi connectivity index (χ0) is 16.9. The molecule has 2 aromatic heterocycles. The van der Waals surface area contributed by atoms with Crippen LogP contribution in [0.2, 0.25) is 0 Å². The van der Waals surface area contributed by atoms with Crippen LogP contribution in [0.15, 0.2) is 45.4 Å². The Morgan fingerprint density at radius 2 is 2.08 bits per heavy atom. The summed E-state index contributed by atoms with van der Waals surface area (Å²) in [5, 5.41) is 13.2.